The van der Waals surface area contributed by atoms with Gasteiger partial charge in [0, 0.05) is 50.7 Å². The number of hydrogen-bond donors (Lipinski definition) is 1. The smallest absolute Gasteiger partial charge is 0.233 e. The third-order valence-corrected chi connectivity index (χ3v) is 8.12. The highest BCUT2D eigenvalue weighted by atomic mass is 35.5. The van der Waals surface area contributed by atoms with E-state index in [4.69, 9.17) is 16.3 Å². The third kappa shape index (κ3) is 5.54. The van der Waals surface area contributed by atoms with Crippen LogP contribution in [0.5, 0.6) is 0 Å². The number of likely N-dealkylation sites (tertiary alicyclic amines) is 1. The Morgan fingerprint density at radius 2 is 1.84 bits per heavy atom. The van der Waals surface area contributed by atoms with Crippen LogP contribution in [0.4, 0.5) is 0 Å². The van der Waals surface area contributed by atoms with Crippen LogP contribution in [0, 0.1) is 5.92 Å². The Kier molecular flexibility index (Phi) is 7.57. The Hall–Kier alpha value is -2.86. The van der Waals surface area contributed by atoms with Gasteiger partial charge in [-0.1, -0.05) is 60.2 Å². The second-order valence-corrected chi connectivity index (χ2v) is 10.9. The van der Waals surface area contributed by atoms with Gasteiger partial charge < -0.3 is 19.6 Å². The van der Waals surface area contributed by atoms with Crippen molar-refractivity contribution in [3.05, 3.63) is 105 Å². The SMILES string of the molecule is CN(C)C(=O)C1C=CC2=C(Cc3ccccc3CO2)/C1=C/CCN1CCC(O)(c2ccc(Cl)cc2)CC1. The molecule has 0 aromatic heterocycles. The topological polar surface area (TPSA) is 53.0 Å². The predicted molar refractivity (Wildman–Crippen MR) is 147 cm³/mol. The summed E-state index contributed by atoms with van der Waals surface area (Å²) in [5, 5.41) is 11.9. The molecule has 5 rings (SSSR count). The Morgan fingerprint density at radius 3 is 2.54 bits per heavy atom. The number of ether oxygens (including phenoxy) is 1. The zero-order valence-corrected chi connectivity index (χ0v) is 22.4. The van der Waals surface area contributed by atoms with Crippen molar-refractivity contribution >= 4 is 17.5 Å². The Balaban J connectivity index is 1.30. The molecule has 1 fully saturated rings. The number of benzene rings is 2. The molecule has 2 aliphatic heterocycles. The van der Waals surface area contributed by atoms with E-state index in [0.29, 0.717) is 24.5 Å². The zero-order valence-electron chi connectivity index (χ0n) is 21.6. The number of aliphatic hydroxyl groups is 1. The summed E-state index contributed by atoms with van der Waals surface area (Å²) in [5.41, 5.74) is 4.75. The van der Waals surface area contributed by atoms with E-state index in [2.05, 4.69) is 29.2 Å². The first kappa shape index (κ1) is 25.8. The summed E-state index contributed by atoms with van der Waals surface area (Å²) in [4.78, 5) is 17.2. The fourth-order valence-electron chi connectivity index (χ4n) is 5.60. The summed E-state index contributed by atoms with van der Waals surface area (Å²) in [7, 11) is 3.62. The molecule has 0 radical (unpaired) electrons. The van der Waals surface area contributed by atoms with Crippen LogP contribution in [-0.2, 0) is 28.2 Å². The minimum absolute atomic E-state index is 0.0811. The van der Waals surface area contributed by atoms with E-state index >= 15 is 0 Å². The average Bonchev–Trinajstić information content (AvgIpc) is 3.09. The highest BCUT2D eigenvalue weighted by molar-refractivity contribution is 6.30. The molecule has 2 aromatic rings. The fourth-order valence-corrected chi connectivity index (χ4v) is 5.73. The summed E-state index contributed by atoms with van der Waals surface area (Å²) >= 11 is 6.03. The van der Waals surface area contributed by atoms with Gasteiger partial charge in [0.1, 0.15) is 12.4 Å². The molecule has 5 nitrogen and oxygen atoms in total. The van der Waals surface area contributed by atoms with Gasteiger partial charge in [-0.25, -0.2) is 0 Å². The monoisotopic (exact) mass is 518 g/mol. The van der Waals surface area contributed by atoms with Gasteiger partial charge in [-0.05, 0) is 59.7 Å². The molecular formula is C31H35ClN2O3. The normalized spacial score (nSPS) is 22.2. The van der Waals surface area contributed by atoms with Crippen molar-refractivity contribution in [2.75, 3.05) is 33.7 Å². The van der Waals surface area contributed by atoms with Crippen LogP contribution in [-0.4, -0.2) is 54.5 Å². The van der Waals surface area contributed by atoms with E-state index < -0.39 is 5.60 Å². The lowest BCUT2D eigenvalue weighted by molar-refractivity contribution is -0.130. The van der Waals surface area contributed by atoms with E-state index in [1.54, 1.807) is 4.90 Å². The summed E-state index contributed by atoms with van der Waals surface area (Å²) in [6.07, 6.45) is 9.17. The molecule has 1 unspecified atom stereocenters. The first-order valence-corrected chi connectivity index (χ1v) is 13.5. The molecule has 6 heteroatoms. The lowest BCUT2D eigenvalue weighted by atomic mass is 9.82. The first-order valence-electron chi connectivity index (χ1n) is 13.1. The highest BCUT2D eigenvalue weighted by Gasteiger charge is 2.34. The molecule has 2 heterocycles. The summed E-state index contributed by atoms with van der Waals surface area (Å²) < 4.78 is 6.20. The van der Waals surface area contributed by atoms with Crippen molar-refractivity contribution < 1.29 is 14.6 Å². The van der Waals surface area contributed by atoms with Crippen molar-refractivity contribution in [2.45, 2.75) is 37.9 Å². The molecule has 1 N–H and O–H groups in total. The average molecular weight is 519 g/mol. The van der Waals surface area contributed by atoms with E-state index in [1.165, 1.54) is 11.1 Å². The molecule has 3 aliphatic rings. The molecule has 37 heavy (non-hydrogen) atoms. The number of halogens is 1. The van der Waals surface area contributed by atoms with Crippen molar-refractivity contribution in [1.29, 1.82) is 0 Å². The largest absolute Gasteiger partial charge is 0.489 e. The van der Waals surface area contributed by atoms with Crippen LogP contribution in [0.1, 0.15) is 36.0 Å². The van der Waals surface area contributed by atoms with Crippen LogP contribution < -0.4 is 0 Å². The van der Waals surface area contributed by atoms with Crippen LogP contribution in [0.3, 0.4) is 0 Å². The van der Waals surface area contributed by atoms with Gasteiger partial charge in [-0.3, -0.25) is 4.79 Å². The van der Waals surface area contributed by atoms with Gasteiger partial charge in [-0.2, -0.15) is 0 Å². The van der Waals surface area contributed by atoms with Crippen molar-refractivity contribution in [2.24, 2.45) is 5.92 Å². The van der Waals surface area contributed by atoms with Gasteiger partial charge in [0.25, 0.3) is 0 Å². The van der Waals surface area contributed by atoms with Gasteiger partial charge in [0.05, 0.1) is 11.5 Å². The van der Waals surface area contributed by atoms with Gasteiger partial charge in [-0.15, -0.1) is 0 Å². The molecular weight excluding hydrogens is 484 g/mol. The predicted octanol–water partition coefficient (Wildman–Crippen LogP) is 5.24. The molecule has 1 saturated heterocycles. The molecule has 194 valence electrons. The quantitative estimate of drug-likeness (QED) is 0.588. The minimum atomic E-state index is -0.804. The lowest BCUT2D eigenvalue weighted by Gasteiger charge is -2.38. The maximum Gasteiger partial charge on any atom is 0.233 e. The van der Waals surface area contributed by atoms with E-state index in [9.17, 15) is 9.90 Å². The van der Waals surface area contributed by atoms with Crippen molar-refractivity contribution in [3.8, 4) is 0 Å². The Morgan fingerprint density at radius 1 is 1.14 bits per heavy atom. The van der Waals surface area contributed by atoms with Gasteiger partial charge in [0.15, 0.2) is 0 Å². The summed E-state index contributed by atoms with van der Waals surface area (Å²) in [6.45, 7) is 3.08. The number of carbonyl (C=O) groups excluding carboxylic acids is 1. The minimum Gasteiger partial charge on any atom is -0.489 e. The number of carbonyl (C=O) groups is 1. The molecule has 1 atom stereocenters. The standard InChI is InChI=1S/C31H35ClN2O3/c1-33(2)30(35)27-13-14-29-28(20-22-6-3-4-7-23(22)21-37-29)26(27)8-5-17-34-18-15-31(36,16-19-34)24-9-11-25(32)12-10-24/h3-4,6-14,27,36H,5,15-21H2,1-2H3/b26-8+. The number of hydrogen-bond acceptors (Lipinski definition) is 4. The molecule has 1 aliphatic carbocycles. The van der Waals surface area contributed by atoms with Crippen LogP contribution in [0.25, 0.3) is 0 Å². The highest BCUT2D eigenvalue weighted by Crippen LogP contribution is 2.37. The maximum absolute atomic E-state index is 13.1. The Labute approximate surface area is 224 Å². The number of amides is 1. The number of rotatable bonds is 5. The Bertz CT molecular complexity index is 1240. The van der Waals surface area contributed by atoms with Crippen LogP contribution >= 0.6 is 11.6 Å². The molecule has 0 saturated carbocycles. The summed E-state index contributed by atoms with van der Waals surface area (Å²) in [6, 6.07) is 15.9. The van der Waals surface area contributed by atoms with E-state index in [0.717, 1.165) is 54.9 Å². The number of piperidine rings is 1. The fraction of sp³-hybridized carbons (Fsp3) is 0.387. The lowest BCUT2D eigenvalue weighted by Crippen LogP contribution is -2.42. The van der Waals surface area contributed by atoms with Crippen molar-refractivity contribution in [1.82, 2.24) is 9.80 Å². The molecule has 0 bridgehead atoms. The second-order valence-electron chi connectivity index (χ2n) is 10.5. The van der Waals surface area contributed by atoms with E-state index in [1.807, 2.05) is 56.6 Å². The third-order valence-electron chi connectivity index (χ3n) is 7.87. The van der Waals surface area contributed by atoms with Gasteiger partial charge in [0.2, 0.25) is 5.91 Å². The molecule has 2 aromatic carbocycles. The number of allylic oxidation sites excluding steroid dienone is 2. The maximum atomic E-state index is 13.1. The molecule has 1 amide bonds. The second kappa shape index (κ2) is 10.9. The van der Waals surface area contributed by atoms with Crippen LogP contribution in [0.2, 0.25) is 5.02 Å². The van der Waals surface area contributed by atoms with Crippen molar-refractivity contribution in [3.63, 3.8) is 0 Å². The first-order chi connectivity index (χ1) is 17.8. The van der Waals surface area contributed by atoms with Gasteiger partial charge >= 0.3 is 0 Å². The number of fused-ring (bicyclic) bond motifs is 1. The zero-order chi connectivity index (χ0) is 26.0. The van der Waals surface area contributed by atoms with Crippen LogP contribution in [0.15, 0.2) is 83.7 Å². The summed E-state index contributed by atoms with van der Waals surface area (Å²) in [5.74, 6) is 0.646. The number of nitrogens with zero attached hydrogens (tertiary/aromatic N) is 2. The molecule has 0 spiro atoms. The van der Waals surface area contributed by atoms with E-state index in [-0.39, 0.29) is 11.8 Å².